The molecule has 5 rings (SSSR count). The monoisotopic (exact) mass is 427 g/mol. The zero-order valence-corrected chi connectivity index (χ0v) is 18.6. The molecule has 6 nitrogen and oxygen atoms in total. The number of likely N-dealkylation sites (tertiary alicyclic amines) is 1. The highest BCUT2D eigenvalue weighted by atomic mass is 16.2. The average molecular weight is 428 g/mol. The van der Waals surface area contributed by atoms with E-state index >= 15 is 0 Å². The number of pyridine rings is 1. The van der Waals surface area contributed by atoms with Crippen molar-refractivity contribution in [1.82, 2.24) is 14.8 Å². The maximum atomic E-state index is 12.6. The van der Waals surface area contributed by atoms with Gasteiger partial charge in [-0.15, -0.1) is 0 Å². The molecule has 1 amide bonds. The lowest BCUT2D eigenvalue weighted by Gasteiger charge is -2.35. The van der Waals surface area contributed by atoms with E-state index in [1.54, 1.807) is 12.4 Å². The minimum absolute atomic E-state index is 0.0970. The van der Waals surface area contributed by atoms with Gasteiger partial charge in [0.25, 0.3) is 5.91 Å². The molecule has 0 spiro atoms. The van der Waals surface area contributed by atoms with Crippen molar-refractivity contribution in [1.29, 1.82) is 0 Å². The second-order valence-electron chi connectivity index (χ2n) is 8.86. The molecular formula is C26H29N5O. The van der Waals surface area contributed by atoms with Gasteiger partial charge < -0.3 is 15.5 Å². The van der Waals surface area contributed by atoms with Crippen molar-refractivity contribution < 1.29 is 4.79 Å². The van der Waals surface area contributed by atoms with Crippen molar-refractivity contribution in [2.24, 2.45) is 0 Å². The standard InChI is InChI=1S/C26H29N5O/c1-30-14-11-20(12-15-30)31(2)17-18-5-7-19(8-6-18)28-16-22-25-21-4-3-13-27-23(21)9-10-24(25)29-26(22)32/h3-10,13,16,20,28H,11-12,14-15,17H2,1-2H3,(H,29,32)/b22-16-. The van der Waals surface area contributed by atoms with Gasteiger partial charge in [0.1, 0.15) is 0 Å². The molecule has 32 heavy (non-hydrogen) atoms. The predicted molar refractivity (Wildman–Crippen MR) is 130 cm³/mol. The van der Waals surface area contributed by atoms with E-state index in [2.05, 4.69) is 63.8 Å². The van der Waals surface area contributed by atoms with Crippen molar-refractivity contribution in [3.8, 4) is 0 Å². The number of anilines is 2. The second kappa shape index (κ2) is 8.73. The molecule has 164 valence electrons. The van der Waals surface area contributed by atoms with Crippen molar-refractivity contribution >= 4 is 33.8 Å². The quantitative estimate of drug-likeness (QED) is 0.599. The lowest BCUT2D eigenvalue weighted by Crippen LogP contribution is -2.41. The average Bonchev–Trinajstić information content (AvgIpc) is 3.14. The molecule has 1 fully saturated rings. The molecule has 2 aliphatic heterocycles. The topological polar surface area (TPSA) is 60.5 Å². The van der Waals surface area contributed by atoms with E-state index in [4.69, 9.17) is 0 Å². The van der Waals surface area contributed by atoms with E-state index in [1.807, 2.05) is 24.3 Å². The first kappa shape index (κ1) is 20.7. The highest BCUT2D eigenvalue weighted by Crippen LogP contribution is 2.37. The Kier molecular flexibility index (Phi) is 5.64. The summed E-state index contributed by atoms with van der Waals surface area (Å²) < 4.78 is 0. The number of nitrogens with zero attached hydrogens (tertiary/aromatic N) is 3. The van der Waals surface area contributed by atoms with Crippen LogP contribution in [-0.4, -0.2) is 53.9 Å². The predicted octanol–water partition coefficient (Wildman–Crippen LogP) is 4.17. The van der Waals surface area contributed by atoms with Gasteiger partial charge in [-0.1, -0.05) is 18.2 Å². The van der Waals surface area contributed by atoms with Gasteiger partial charge in [0.15, 0.2) is 0 Å². The van der Waals surface area contributed by atoms with Crippen molar-refractivity contribution in [3.63, 3.8) is 0 Å². The molecule has 1 saturated heterocycles. The van der Waals surface area contributed by atoms with Gasteiger partial charge in [-0.05, 0) is 75.9 Å². The summed E-state index contributed by atoms with van der Waals surface area (Å²) in [5, 5.41) is 7.24. The molecule has 0 unspecified atom stereocenters. The van der Waals surface area contributed by atoms with Crippen LogP contribution < -0.4 is 10.6 Å². The van der Waals surface area contributed by atoms with Crippen LogP contribution >= 0.6 is 0 Å². The summed E-state index contributed by atoms with van der Waals surface area (Å²) in [7, 11) is 4.42. The Hall–Kier alpha value is -3.22. The van der Waals surface area contributed by atoms with Gasteiger partial charge in [0.2, 0.25) is 0 Å². The van der Waals surface area contributed by atoms with Crippen LogP contribution in [0.25, 0.3) is 16.5 Å². The minimum atomic E-state index is -0.0970. The van der Waals surface area contributed by atoms with E-state index in [0.717, 1.165) is 34.4 Å². The number of hydrogen-bond acceptors (Lipinski definition) is 5. The Morgan fingerprint density at radius 2 is 1.94 bits per heavy atom. The Balaban J connectivity index is 1.29. The molecule has 0 aliphatic carbocycles. The fraction of sp³-hybridized carbons (Fsp3) is 0.308. The van der Waals surface area contributed by atoms with Crippen LogP contribution in [0.2, 0.25) is 0 Å². The summed E-state index contributed by atoms with van der Waals surface area (Å²) in [6, 6.07) is 16.9. The number of piperidine rings is 1. The lowest BCUT2D eigenvalue weighted by molar-refractivity contribution is -0.110. The molecule has 3 aromatic rings. The van der Waals surface area contributed by atoms with Crippen LogP contribution in [0.15, 0.2) is 60.9 Å². The van der Waals surface area contributed by atoms with E-state index in [9.17, 15) is 4.79 Å². The van der Waals surface area contributed by atoms with Crippen molar-refractivity contribution in [2.45, 2.75) is 25.4 Å². The van der Waals surface area contributed by atoms with E-state index in [0.29, 0.717) is 11.6 Å². The third kappa shape index (κ3) is 4.11. The second-order valence-corrected chi connectivity index (χ2v) is 8.86. The Morgan fingerprint density at radius 1 is 1.16 bits per heavy atom. The highest BCUT2D eigenvalue weighted by Gasteiger charge is 2.26. The molecule has 0 saturated carbocycles. The van der Waals surface area contributed by atoms with Crippen LogP contribution in [0.4, 0.5) is 11.4 Å². The smallest absolute Gasteiger partial charge is 0.257 e. The van der Waals surface area contributed by atoms with Gasteiger partial charge >= 0.3 is 0 Å². The SMILES string of the molecule is CN1CCC(N(C)Cc2ccc(N/C=C3\C(=O)Nc4ccc5ncccc5c43)cc2)CC1. The van der Waals surface area contributed by atoms with Crippen molar-refractivity contribution in [3.05, 3.63) is 72.1 Å². The fourth-order valence-electron chi connectivity index (χ4n) is 4.70. The van der Waals surface area contributed by atoms with Crippen LogP contribution in [0.3, 0.4) is 0 Å². The number of carbonyl (C=O) groups is 1. The third-order valence-electron chi connectivity index (χ3n) is 6.63. The summed E-state index contributed by atoms with van der Waals surface area (Å²) >= 11 is 0. The third-order valence-corrected chi connectivity index (χ3v) is 6.63. The number of rotatable bonds is 5. The zero-order valence-electron chi connectivity index (χ0n) is 18.6. The van der Waals surface area contributed by atoms with Crippen LogP contribution in [0, 0.1) is 0 Å². The number of carbonyl (C=O) groups excluding carboxylic acids is 1. The molecule has 0 atom stereocenters. The fourth-order valence-corrected chi connectivity index (χ4v) is 4.70. The van der Waals surface area contributed by atoms with Gasteiger partial charge in [-0.3, -0.25) is 14.7 Å². The number of amides is 1. The van der Waals surface area contributed by atoms with Gasteiger partial charge in [0.05, 0.1) is 11.1 Å². The first-order valence-electron chi connectivity index (χ1n) is 11.2. The molecule has 6 heteroatoms. The maximum absolute atomic E-state index is 12.6. The molecule has 0 radical (unpaired) electrons. The molecule has 2 aliphatic rings. The molecule has 1 aromatic heterocycles. The van der Waals surface area contributed by atoms with E-state index < -0.39 is 0 Å². The lowest BCUT2D eigenvalue weighted by atomic mass is 10.0. The molecule has 2 aromatic carbocycles. The first-order valence-corrected chi connectivity index (χ1v) is 11.2. The highest BCUT2D eigenvalue weighted by molar-refractivity contribution is 6.34. The van der Waals surface area contributed by atoms with Crippen molar-refractivity contribution in [2.75, 3.05) is 37.8 Å². The van der Waals surface area contributed by atoms with E-state index in [1.165, 1.54) is 31.5 Å². The zero-order chi connectivity index (χ0) is 22.1. The molecular weight excluding hydrogens is 398 g/mol. The van der Waals surface area contributed by atoms with Crippen LogP contribution in [-0.2, 0) is 11.3 Å². The number of nitrogens with one attached hydrogen (secondary N) is 2. The number of fused-ring (bicyclic) bond motifs is 3. The maximum Gasteiger partial charge on any atom is 0.257 e. The minimum Gasteiger partial charge on any atom is -0.361 e. The first-order chi connectivity index (χ1) is 15.6. The normalized spacial score (nSPS) is 18.3. The summed E-state index contributed by atoms with van der Waals surface area (Å²) in [5.41, 5.74) is 5.50. The number of benzene rings is 2. The molecule has 2 N–H and O–H groups in total. The van der Waals surface area contributed by atoms with Gasteiger partial charge in [-0.25, -0.2) is 0 Å². The summed E-state index contributed by atoms with van der Waals surface area (Å²) in [6.45, 7) is 3.30. The summed E-state index contributed by atoms with van der Waals surface area (Å²) in [6.07, 6.45) is 6.03. The van der Waals surface area contributed by atoms with Gasteiger partial charge in [-0.2, -0.15) is 0 Å². The number of hydrogen-bond donors (Lipinski definition) is 2. The van der Waals surface area contributed by atoms with E-state index in [-0.39, 0.29) is 5.91 Å². The summed E-state index contributed by atoms with van der Waals surface area (Å²) in [4.78, 5) is 21.9. The summed E-state index contributed by atoms with van der Waals surface area (Å²) in [5.74, 6) is -0.0970. The molecule has 0 bridgehead atoms. The number of aromatic nitrogens is 1. The molecule has 3 heterocycles. The Labute approximate surface area is 188 Å². The van der Waals surface area contributed by atoms with Crippen LogP contribution in [0.1, 0.15) is 24.0 Å². The van der Waals surface area contributed by atoms with Gasteiger partial charge in [0, 0.05) is 47.3 Å². The Morgan fingerprint density at radius 3 is 2.72 bits per heavy atom. The largest absolute Gasteiger partial charge is 0.361 e. The Bertz CT molecular complexity index is 1160. The van der Waals surface area contributed by atoms with Crippen LogP contribution in [0.5, 0.6) is 0 Å².